The van der Waals surface area contributed by atoms with Crippen LogP contribution in [0.5, 0.6) is 5.75 Å². The lowest BCUT2D eigenvalue weighted by molar-refractivity contribution is 0.0977. The van der Waals surface area contributed by atoms with E-state index in [1.54, 1.807) is 0 Å². The minimum Gasteiger partial charge on any atom is -0.494 e. The summed E-state index contributed by atoms with van der Waals surface area (Å²) in [4.78, 5) is 12.6. The van der Waals surface area contributed by atoms with Crippen LogP contribution in [0.25, 0.3) is 0 Å². The van der Waals surface area contributed by atoms with Crippen LogP contribution in [-0.2, 0) is 6.42 Å². The summed E-state index contributed by atoms with van der Waals surface area (Å²) < 4.78 is 5.66. The number of thiophene rings is 1. The van der Waals surface area contributed by atoms with E-state index in [1.165, 1.54) is 11.3 Å². The van der Waals surface area contributed by atoms with Crippen molar-refractivity contribution < 1.29 is 9.53 Å². The summed E-state index contributed by atoms with van der Waals surface area (Å²) in [5.74, 6) is 1.00. The van der Waals surface area contributed by atoms with Gasteiger partial charge in [-0.25, -0.2) is 0 Å². The molecule has 0 fully saturated rings. The average Bonchev–Trinajstić information content (AvgIpc) is 2.99. The maximum Gasteiger partial charge on any atom is 0.172 e. The van der Waals surface area contributed by atoms with Gasteiger partial charge in [0.1, 0.15) is 5.75 Å². The Balaban J connectivity index is 1.77. The number of halogens is 1. The van der Waals surface area contributed by atoms with Crippen molar-refractivity contribution in [2.75, 3.05) is 6.61 Å². The van der Waals surface area contributed by atoms with Crippen LogP contribution < -0.4 is 4.74 Å². The minimum atomic E-state index is 0.189. The molecule has 0 atom stereocenters. The molecule has 0 saturated heterocycles. The van der Waals surface area contributed by atoms with E-state index in [1.807, 2.05) is 35.7 Å². The number of ketones is 1. The maximum atomic E-state index is 11.8. The molecule has 2 aromatic rings. The summed E-state index contributed by atoms with van der Waals surface area (Å²) >= 11 is 7.54. The monoisotopic (exact) mass is 308 g/mol. The third kappa shape index (κ3) is 4.09. The summed E-state index contributed by atoms with van der Waals surface area (Å²) in [5, 5.41) is 2.69. The Morgan fingerprint density at radius 1 is 1.35 bits per heavy atom. The molecule has 0 aliphatic rings. The van der Waals surface area contributed by atoms with Gasteiger partial charge >= 0.3 is 0 Å². The Bertz CT molecular complexity index is 564. The van der Waals surface area contributed by atoms with E-state index >= 15 is 0 Å². The van der Waals surface area contributed by atoms with Gasteiger partial charge in [0.15, 0.2) is 5.78 Å². The quantitative estimate of drug-likeness (QED) is 0.531. The first kappa shape index (κ1) is 15.1. The number of hydrogen-bond donors (Lipinski definition) is 0. The molecule has 0 unspecified atom stereocenters. The van der Waals surface area contributed by atoms with Gasteiger partial charge in [0.25, 0.3) is 0 Å². The maximum absolute atomic E-state index is 11.8. The fourth-order valence-electron chi connectivity index (χ4n) is 1.89. The first-order valence-corrected chi connectivity index (χ1v) is 7.94. The molecular formula is C16H17ClO2S. The van der Waals surface area contributed by atoms with E-state index in [2.05, 4.69) is 6.92 Å². The normalized spacial score (nSPS) is 10.5. The van der Waals surface area contributed by atoms with Gasteiger partial charge in [-0.15, -0.1) is 11.3 Å². The second-order valence-corrected chi connectivity index (χ2v) is 5.81. The molecule has 1 aromatic heterocycles. The zero-order valence-electron chi connectivity index (χ0n) is 11.4. The van der Waals surface area contributed by atoms with E-state index in [-0.39, 0.29) is 5.78 Å². The van der Waals surface area contributed by atoms with Gasteiger partial charge in [-0.1, -0.05) is 24.6 Å². The summed E-state index contributed by atoms with van der Waals surface area (Å²) in [7, 11) is 0. The second-order valence-electron chi connectivity index (χ2n) is 4.46. The van der Waals surface area contributed by atoms with Crippen LogP contribution in [0, 0.1) is 0 Å². The third-order valence-corrected chi connectivity index (χ3v) is 4.29. The highest BCUT2D eigenvalue weighted by Gasteiger charge is 2.06. The van der Waals surface area contributed by atoms with Gasteiger partial charge in [0, 0.05) is 11.4 Å². The molecule has 20 heavy (non-hydrogen) atoms. The van der Waals surface area contributed by atoms with Crippen molar-refractivity contribution >= 4 is 28.7 Å². The lowest BCUT2D eigenvalue weighted by Gasteiger charge is -2.08. The Kier molecular flexibility index (Phi) is 5.62. The SMILES string of the molecule is CCc1cc(OCCCC(=O)c2cccs2)ccc1Cl. The Hall–Kier alpha value is -1.32. The van der Waals surface area contributed by atoms with E-state index in [9.17, 15) is 4.79 Å². The molecule has 0 N–H and O–H groups in total. The number of aryl methyl sites for hydroxylation is 1. The van der Waals surface area contributed by atoms with Crippen LogP contribution in [-0.4, -0.2) is 12.4 Å². The van der Waals surface area contributed by atoms with Crippen molar-refractivity contribution in [2.24, 2.45) is 0 Å². The Morgan fingerprint density at radius 2 is 2.20 bits per heavy atom. The number of carbonyl (C=O) groups excluding carboxylic acids is 1. The number of hydrogen-bond acceptors (Lipinski definition) is 3. The number of Topliss-reactive ketones (excluding diaryl/α,β-unsaturated/α-hetero) is 1. The van der Waals surface area contributed by atoms with Gasteiger partial charge in [-0.2, -0.15) is 0 Å². The largest absolute Gasteiger partial charge is 0.494 e. The highest BCUT2D eigenvalue weighted by molar-refractivity contribution is 7.12. The van der Waals surface area contributed by atoms with Crippen LogP contribution in [0.1, 0.15) is 35.0 Å². The fraction of sp³-hybridized carbons (Fsp3) is 0.312. The molecule has 1 heterocycles. The lowest BCUT2D eigenvalue weighted by atomic mass is 10.1. The Labute approximate surface area is 128 Å². The smallest absolute Gasteiger partial charge is 0.172 e. The molecule has 1 aromatic carbocycles. The topological polar surface area (TPSA) is 26.3 Å². The summed E-state index contributed by atoms with van der Waals surface area (Å²) in [5.41, 5.74) is 1.08. The highest BCUT2D eigenvalue weighted by Crippen LogP contribution is 2.22. The summed E-state index contributed by atoms with van der Waals surface area (Å²) in [6.45, 7) is 2.60. The van der Waals surface area contributed by atoms with Crippen molar-refractivity contribution in [3.63, 3.8) is 0 Å². The lowest BCUT2D eigenvalue weighted by Crippen LogP contribution is -2.02. The number of ether oxygens (including phenoxy) is 1. The molecule has 0 aliphatic carbocycles. The van der Waals surface area contributed by atoms with Crippen molar-refractivity contribution in [1.82, 2.24) is 0 Å². The van der Waals surface area contributed by atoms with Crippen LogP contribution in [0.2, 0.25) is 5.02 Å². The van der Waals surface area contributed by atoms with Crippen molar-refractivity contribution in [3.05, 3.63) is 51.2 Å². The average molecular weight is 309 g/mol. The van der Waals surface area contributed by atoms with Crippen LogP contribution >= 0.6 is 22.9 Å². The van der Waals surface area contributed by atoms with Gasteiger partial charge in [0.05, 0.1) is 11.5 Å². The van der Waals surface area contributed by atoms with Gasteiger partial charge in [-0.05, 0) is 48.1 Å². The molecular weight excluding hydrogens is 292 g/mol. The van der Waals surface area contributed by atoms with Crippen LogP contribution in [0.3, 0.4) is 0 Å². The van der Waals surface area contributed by atoms with Gasteiger partial charge in [-0.3, -0.25) is 4.79 Å². The first-order valence-electron chi connectivity index (χ1n) is 6.68. The van der Waals surface area contributed by atoms with Crippen molar-refractivity contribution in [2.45, 2.75) is 26.2 Å². The fourth-order valence-corrected chi connectivity index (χ4v) is 2.84. The second kappa shape index (κ2) is 7.46. The van der Waals surface area contributed by atoms with Crippen LogP contribution in [0.4, 0.5) is 0 Å². The molecule has 0 radical (unpaired) electrons. The summed E-state index contributed by atoms with van der Waals surface area (Å²) in [6, 6.07) is 9.44. The van der Waals surface area contributed by atoms with Gasteiger partial charge in [0.2, 0.25) is 0 Å². The third-order valence-electron chi connectivity index (χ3n) is 3.01. The predicted molar refractivity (Wildman–Crippen MR) is 84.2 cm³/mol. The molecule has 106 valence electrons. The van der Waals surface area contributed by atoms with Crippen molar-refractivity contribution in [1.29, 1.82) is 0 Å². The Morgan fingerprint density at radius 3 is 2.90 bits per heavy atom. The van der Waals surface area contributed by atoms with Gasteiger partial charge < -0.3 is 4.74 Å². The summed E-state index contributed by atoms with van der Waals surface area (Å²) in [6.07, 6.45) is 2.13. The van der Waals surface area contributed by atoms with E-state index in [4.69, 9.17) is 16.3 Å². The minimum absolute atomic E-state index is 0.189. The number of carbonyl (C=O) groups is 1. The molecule has 2 nitrogen and oxygen atoms in total. The van der Waals surface area contributed by atoms with Crippen molar-refractivity contribution in [3.8, 4) is 5.75 Å². The van der Waals surface area contributed by atoms with E-state index in [0.29, 0.717) is 13.0 Å². The molecule has 4 heteroatoms. The molecule has 2 rings (SSSR count). The molecule has 0 amide bonds. The predicted octanol–water partition coefficient (Wildman–Crippen LogP) is 5.01. The number of benzene rings is 1. The van der Waals surface area contributed by atoms with E-state index < -0.39 is 0 Å². The molecule has 0 aliphatic heterocycles. The molecule has 0 saturated carbocycles. The van der Waals surface area contributed by atoms with E-state index in [0.717, 1.165) is 34.1 Å². The van der Waals surface area contributed by atoms with Crippen LogP contribution in [0.15, 0.2) is 35.7 Å². The highest BCUT2D eigenvalue weighted by atomic mass is 35.5. The number of rotatable bonds is 7. The molecule has 0 bridgehead atoms. The standard InChI is InChI=1S/C16H17ClO2S/c1-2-12-11-13(7-8-14(12)17)19-9-3-5-15(18)16-6-4-10-20-16/h4,6-8,10-11H,2-3,5,9H2,1H3. The molecule has 0 spiro atoms. The zero-order chi connectivity index (χ0) is 14.4. The first-order chi connectivity index (χ1) is 9.70. The zero-order valence-corrected chi connectivity index (χ0v) is 13.0.